The van der Waals surface area contributed by atoms with Crippen molar-refractivity contribution in [2.75, 3.05) is 32.6 Å². The molecule has 0 saturated heterocycles. The molecule has 1 heterocycles. The zero-order chi connectivity index (χ0) is 18.8. The average molecular weight is 353 g/mol. The quantitative estimate of drug-likeness (QED) is 0.434. The van der Waals surface area contributed by atoms with E-state index in [-0.39, 0.29) is 0 Å². The van der Waals surface area contributed by atoms with Crippen molar-refractivity contribution < 1.29 is 4.74 Å². The van der Waals surface area contributed by atoms with E-state index in [9.17, 15) is 0 Å². The summed E-state index contributed by atoms with van der Waals surface area (Å²) in [6.07, 6.45) is 3.53. The maximum atomic E-state index is 5.69. The van der Waals surface area contributed by atoms with Crippen molar-refractivity contribution in [3.63, 3.8) is 0 Å². The number of ether oxygens (including phenoxy) is 1. The second kappa shape index (κ2) is 10.1. The number of nitrogens with zero attached hydrogens (tertiary/aromatic N) is 3. The fourth-order valence-corrected chi connectivity index (χ4v) is 2.49. The van der Waals surface area contributed by atoms with Crippen molar-refractivity contribution in [2.24, 2.45) is 4.99 Å². The van der Waals surface area contributed by atoms with Crippen molar-refractivity contribution in [3.05, 3.63) is 66.4 Å². The molecular formula is C20H27N5O. The van der Waals surface area contributed by atoms with Crippen molar-refractivity contribution in [1.29, 1.82) is 0 Å². The van der Waals surface area contributed by atoms with Gasteiger partial charge in [0.05, 0.1) is 0 Å². The van der Waals surface area contributed by atoms with Crippen LogP contribution in [-0.2, 0) is 13.1 Å². The molecule has 6 nitrogen and oxygen atoms in total. The van der Waals surface area contributed by atoms with Crippen LogP contribution in [0.5, 0.6) is 5.75 Å². The molecule has 0 bridgehead atoms. The lowest BCUT2D eigenvalue weighted by Gasteiger charge is -2.18. The molecule has 0 aliphatic rings. The van der Waals surface area contributed by atoms with Crippen LogP contribution in [0.3, 0.4) is 0 Å². The zero-order valence-electron chi connectivity index (χ0n) is 15.7. The summed E-state index contributed by atoms with van der Waals surface area (Å²) in [6, 6.07) is 11.9. The molecule has 0 aliphatic heterocycles. The summed E-state index contributed by atoms with van der Waals surface area (Å²) in [4.78, 5) is 10.7. The van der Waals surface area contributed by atoms with Crippen LogP contribution in [0.25, 0.3) is 0 Å². The third-order valence-corrected chi connectivity index (χ3v) is 3.74. The van der Waals surface area contributed by atoms with Gasteiger partial charge < -0.3 is 20.3 Å². The lowest BCUT2D eigenvalue weighted by Crippen LogP contribution is -2.36. The Morgan fingerprint density at radius 3 is 2.54 bits per heavy atom. The molecule has 2 aromatic rings. The SMILES string of the molecule is C=CCOc1ccccc1CNC(=NC)NCc1cccnc1N(C)C. The van der Waals surface area contributed by atoms with E-state index in [0.717, 1.165) is 28.7 Å². The molecular weight excluding hydrogens is 326 g/mol. The highest BCUT2D eigenvalue weighted by molar-refractivity contribution is 5.79. The molecule has 26 heavy (non-hydrogen) atoms. The van der Waals surface area contributed by atoms with Gasteiger partial charge in [-0.3, -0.25) is 4.99 Å². The van der Waals surface area contributed by atoms with E-state index in [1.165, 1.54) is 0 Å². The molecule has 0 saturated carbocycles. The average Bonchev–Trinajstić information content (AvgIpc) is 2.67. The van der Waals surface area contributed by atoms with E-state index in [0.29, 0.717) is 19.7 Å². The molecule has 0 amide bonds. The van der Waals surface area contributed by atoms with Crippen molar-refractivity contribution in [1.82, 2.24) is 15.6 Å². The molecule has 2 rings (SSSR count). The minimum absolute atomic E-state index is 0.484. The predicted octanol–water partition coefficient (Wildman–Crippen LogP) is 2.58. The Morgan fingerprint density at radius 1 is 1.15 bits per heavy atom. The molecule has 0 atom stereocenters. The van der Waals surface area contributed by atoms with Gasteiger partial charge >= 0.3 is 0 Å². The van der Waals surface area contributed by atoms with Crippen LogP contribution in [0.1, 0.15) is 11.1 Å². The summed E-state index contributed by atoms with van der Waals surface area (Å²) >= 11 is 0. The lowest BCUT2D eigenvalue weighted by atomic mass is 10.2. The van der Waals surface area contributed by atoms with Crippen LogP contribution in [0.15, 0.2) is 60.2 Å². The van der Waals surface area contributed by atoms with Crippen LogP contribution in [0.2, 0.25) is 0 Å². The number of aromatic nitrogens is 1. The first kappa shape index (κ1) is 19.3. The summed E-state index contributed by atoms with van der Waals surface area (Å²) in [5.41, 5.74) is 2.17. The number of rotatable bonds is 8. The Labute approximate surface area is 155 Å². The maximum Gasteiger partial charge on any atom is 0.191 e. The molecule has 138 valence electrons. The molecule has 6 heteroatoms. The maximum absolute atomic E-state index is 5.69. The molecule has 2 N–H and O–H groups in total. The molecule has 0 spiro atoms. The van der Waals surface area contributed by atoms with Gasteiger partial charge in [0.2, 0.25) is 0 Å². The Morgan fingerprint density at radius 2 is 1.85 bits per heavy atom. The van der Waals surface area contributed by atoms with E-state index in [1.807, 2.05) is 49.3 Å². The van der Waals surface area contributed by atoms with Gasteiger partial charge in [-0.25, -0.2) is 4.98 Å². The summed E-state index contributed by atoms with van der Waals surface area (Å²) in [7, 11) is 5.73. The van der Waals surface area contributed by atoms with Crippen molar-refractivity contribution >= 4 is 11.8 Å². The highest BCUT2D eigenvalue weighted by Crippen LogP contribution is 2.17. The van der Waals surface area contributed by atoms with E-state index >= 15 is 0 Å². The van der Waals surface area contributed by atoms with Gasteiger partial charge in [-0.05, 0) is 12.1 Å². The largest absolute Gasteiger partial charge is 0.489 e. The van der Waals surface area contributed by atoms with Crippen molar-refractivity contribution in [3.8, 4) is 5.75 Å². The number of benzene rings is 1. The molecule has 0 aliphatic carbocycles. The summed E-state index contributed by atoms with van der Waals surface area (Å²) in [6.45, 7) is 5.42. The molecule has 0 fully saturated rings. The number of guanidine groups is 1. The van der Waals surface area contributed by atoms with Crippen LogP contribution in [-0.4, -0.2) is 38.7 Å². The Kier molecular flexibility index (Phi) is 7.49. The fraction of sp³-hybridized carbons (Fsp3) is 0.300. The highest BCUT2D eigenvalue weighted by atomic mass is 16.5. The Bertz CT molecular complexity index is 742. The lowest BCUT2D eigenvalue weighted by molar-refractivity contribution is 0.358. The zero-order valence-corrected chi connectivity index (χ0v) is 15.7. The summed E-state index contributed by atoms with van der Waals surface area (Å²) in [5, 5.41) is 6.65. The fourth-order valence-electron chi connectivity index (χ4n) is 2.49. The van der Waals surface area contributed by atoms with Crippen LogP contribution < -0.4 is 20.3 Å². The smallest absolute Gasteiger partial charge is 0.191 e. The van der Waals surface area contributed by atoms with E-state index in [1.54, 1.807) is 19.3 Å². The minimum atomic E-state index is 0.484. The Hall–Kier alpha value is -3.02. The highest BCUT2D eigenvalue weighted by Gasteiger charge is 2.07. The van der Waals surface area contributed by atoms with Crippen LogP contribution in [0.4, 0.5) is 5.82 Å². The first-order valence-corrected chi connectivity index (χ1v) is 8.53. The van der Waals surface area contributed by atoms with Crippen LogP contribution in [0, 0.1) is 0 Å². The number of aliphatic imine (C=N–C) groups is 1. The van der Waals surface area contributed by atoms with E-state index < -0.39 is 0 Å². The van der Waals surface area contributed by atoms with Gasteiger partial charge in [-0.2, -0.15) is 0 Å². The van der Waals surface area contributed by atoms with Gasteiger partial charge in [-0.1, -0.05) is 36.9 Å². The second-order valence-electron chi connectivity index (χ2n) is 5.87. The number of hydrogen-bond donors (Lipinski definition) is 2. The van der Waals surface area contributed by atoms with Gasteiger partial charge in [0.15, 0.2) is 5.96 Å². The predicted molar refractivity (Wildman–Crippen MR) is 108 cm³/mol. The topological polar surface area (TPSA) is 61.8 Å². The van der Waals surface area contributed by atoms with E-state index in [4.69, 9.17) is 4.74 Å². The number of anilines is 1. The molecule has 0 radical (unpaired) electrons. The monoisotopic (exact) mass is 353 g/mol. The standard InChI is InChI=1S/C20H27N5O/c1-5-13-26-18-11-7-6-9-16(18)14-23-20(21-2)24-15-17-10-8-12-22-19(17)25(3)4/h5-12H,1,13-15H2,2-4H3,(H2,21,23,24). The third kappa shape index (κ3) is 5.51. The number of nitrogens with one attached hydrogen (secondary N) is 2. The number of para-hydroxylation sites is 1. The molecule has 1 aromatic heterocycles. The van der Waals surface area contributed by atoms with Gasteiger partial charge in [0.1, 0.15) is 18.2 Å². The second-order valence-corrected chi connectivity index (χ2v) is 5.87. The first-order chi connectivity index (χ1) is 12.7. The van der Waals surface area contributed by atoms with E-state index in [2.05, 4.69) is 33.3 Å². The minimum Gasteiger partial charge on any atom is -0.489 e. The first-order valence-electron chi connectivity index (χ1n) is 8.53. The summed E-state index contributed by atoms with van der Waals surface area (Å²) < 4.78 is 5.69. The molecule has 0 unspecified atom stereocenters. The van der Waals surface area contributed by atoms with Gasteiger partial charge in [0, 0.05) is 51.6 Å². The van der Waals surface area contributed by atoms with Gasteiger partial charge in [0.25, 0.3) is 0 Å². The Balaban J connectivity index is 1.96. The van der Waals surface area contributed by atoms with Crippen molar-refractivity contribution in [2.45, 2.75) is 13.1 Å². The normalized spacial score (nSPS) is 11.0. The number of pyridine rings is 1. The number of hydrogen-bond acceptors (Lipinski definition) is 4. The molecule has 1 aromatic carbocycles. The van der Waals surface area contributed by atoms with Crippen LogP contribution >= 0.6 is 0 Å². The van der Waals surface area contributed by atoms with Gasteiger partial charge in [-0.15, -0.1) is 0 Å². The third-order valence-electron chi connectivity index (χ3n) is 3.74. The summed E-state index contributed by atoms with van der Waals surface area (Å²) in [5.74, 6) is 2.51.